The highest BCUT2D eigenvalue weighted by Crippen LogP contribution is 2.37. The second-order valence-electron chi connectivity index (χ2n) is 4.37. The Balaban J connectivity index is 1.75. The number of nitrogens with zero attached hydrogens (tertiary/aromatic N) is 2. The first-order chi connectivity index (χ1) is 9.54. The zero-order chi connectivity index (χ0) is 14.2. The number of hydrogen-bond acceptors (Lipinski definition) is 5. The molecule has 8 heteroatoms. The predicted octanol–water partition coefficient (Wildman–Crippen LogP) is 3.80. The normalized spacial score (nSPS) is 20.4. The fourth-order valence-corrected chi connectivity index (χ4v) is 3.54. The number of anilines is 1. The molecule has 0 aliphatic carbocycles. The molecule has 1 saturated heterocycles. The second kappa shape index (κ2) is 5.34. The molecule has 0 aromatic carbocycles. The van der Waals surface area contributed by atoms with E-state index in [2.05, 4.69) is 4.98 Å². The van der Waals surface area contributed by atoms with Gasteiger partial charge in [0.25, 0.3) is 0 Å². The average molecular weight is 320 g/mol. The topological polar surface area (TPSA) is 25.4 Å². The Hall–Kier alpha value is -1.12. The largest absolute Gasteiger partial charge is 0.427 e. The molecule has 1 unspecified atom stereocenters. The first-order valence-corrected chi connectivity index (χ1v) is 7.71. The zero-order valence-corrected chi connectivity index (χ0v) is 11.9. The number of alkyl halides is 3. The highest BCUT2D eigenvalue weighted by molar-refractivity contribution is 7.15. The van der Waals surface area contributed by atoms with E-state index in [1.165, 1.54) is 0 Å². The van der Waals surface area contributed by atoms with Gasteiger partial charge in [-0.2, -0.15) is 24.5 Å². The van der Waals surface area contributed by atoms with Crippen molar-refractivity contribution in [2.75, 3.05) is 24.6 Å². The van der Waals surface area contributed by atoms with Crippen molar-refractivity contribution in [3.05, 3.63) is 33.5 Å². The van der Waals surface area contributed by atoms with Crippen molar-refractivity contribution in [3.8, 4) is 0 Å². The van der Waals surface area contributed by atoms with Crippen molar-refractivity contribution in [2.24, 2.45) is 0 Å². The summed E-state index contributed by atoms with van der Waals surface area (Å²) in [6.45, 7) is 1.58. The summed E-state index contributed by atoms with van der Waals surface area (Å²) >= 11 is 2.26. The number of thiazole rings is 1. The molecule has 3 rings (SSSR count). The van der Waals surface area contributed by atoms with Crippen LogP contribution in [0, 0.1) is 0 Å². The maximum atomic E-state index is 12.6. The Morgan fingerprint density at radius 3 is 2.90 bits per heavy atom. The van der Waals surface area contributed by atoms with Crippen LogP contribution in [0.3, 0.4) is 0 Å². The van der Waals surface area contributed by atoms with Crippen molar-refractivity contribution in [2.45, 2.75) is 12.3 Å². The monoisotopic (exact) mass is 320 g/mol. The van der Waals surface area contributed by atoms with E-state index < -0.39 is 11.1 Å². The first-order valence-electron chi connectivity index (χ1n) is 5.96. The van der Waals surface area contributed by atoms with Crippen LogP contribution in [-0.2, 0) is 10.9 Å². The summed E-state index contributed by atoms with van der Waals surface area (Å²) in [4.78, 5) is 5.09. The van der Waals surface area contributed by atoms with E-state index >= 15 is 0 Å². The van der Waals surface area contributed by atoms with Crippen LogP contribution in [0.5, 0.6) is 0 Å². The summed E-state index contributed by atoms with van der Waals surface area (Å²) in [5, 5.41) is 4.36. The van der Waals surface area contributed by atoms with Crippen molar-refractivity contribution < 1.29 is 17.9 Å². The summed E-state index contributed by atoms with van der Waals surface area (Å²) in [5.41, 5.74) is 1.06. The Morgan fingerprint density at radius 1 is 1.40 bits per heavy atom. The Bertz CT molecular complexity index is 568. The molecule has 2 aromatic heterocycles. The van der Waals surface area contributed by atoms with E-state index in [0.29, 0.717) is 36.2 Å². The molecule has 1 atom stereocenters. The summed E-state index contributed by atoms with van der Waals surface area (Å²) in [6.07, 6.45) is -3.53. The van der Waals surface area contributed by atoms with Gasteiger partial charge in [0, 0.05) is 6.54 Å². The van der Waals surface area contributed by atoms with Gasteiger partial charge in [-0.3, -0.25) is 0 Å². The second-order valence-corrected chi connectivity index (χ2v) is 6.16. The average Bonchev–Trinajstić information content (AvgIpc) is 3.10. The van der Waals surface area contributed by atoms with Gasteiger partial charge in [-0.05, 0) is 22.4 Å². The van der Waals surface area contributed by atoms with Crippen LogP contribution in [-0.4, -0.2) is 24.7 Å². The van der Waals surface area contributed by atoms with Gasteiger partial charge in [-0.25, -0.2) is 4.98 Å². The van der Waals surface area contributed by atoms with E-state index in [0.717, 1.165) is 11.8 Å². The number of aromatic nitrogens is 1. The van der Waals surface area contributed by atoms with Gasteiger partial charge < -0.3 is 9.64 Å². The van der Waals surface area contributed by atoms with Crippen LogP contribution in [0.4, 0.5) is 18.3 Å². The van der Waals surface area contributed by atoms with Crippen LogP contribution < -0.4 is 4.90 Å². The molecule has 1 fully saturated rings. The van der Waals surface area contributed by atoms with Crippen LogP contribution in [0.2, 0.25) is 0 Å². The maximum absolute atomic E-state index is 12.6. The van der Waals surface area contributed by atoms with E-state index in [1.54, 1.807) is 11.3 Å². The Morgan fingerprint density at radius 2 is 2.25 bits per heavy atom. The third kappa shape index (κ3) is 2.82. The first kappa shape index (κ1) is 13.8. The molecule has 0 saturated carbocycles. The summed E-state index contributed by atoms with van der Waals surface area (Å²) in [6, 6.07) is 1.97. The zero-order valence-electron chi connectivity index (χ0n) is 10.3. The lowest BCUT2D eigenvalue weighted by Crippen LogP contribution is -2.38. The standard InChI is InChI=1S/C12H11F3N2OS2/c13-12(14,15)10-5-16-11(20-10)17-2-3-18-9(6-17)8-1-4-19-7-8/h1,4-5,7,9H,2-3,6H2. The number of rotatable bonds is 2. The molecule has 1 aliphatic rings. The van der Waals surface area contributed by atoms with E-state index in [4.69, 9.17) is 4.74 Å². The lowest BCUT2D eigenvalue weighted by molar-refractivity contribution is -0.134. The van der Waals surface area contributed by atoms with Gasteiger partial charge in [0.05, 0.1) is 19.3 Å². The van der Waals surface area contributed by atoms with Gasteiger partial charge in [-0.15, -0.1) is 0 Å². The Labute approximate surface area is 121 Å². The van der Waals surface area contributed by atoms with Crippen molar-refractivity contribution in [1.82, 2.24) is 4.98 Å². The van der Waals surface area contributed by atoms with Gasteiger partial charge in [0.2, 0.25) is 0 Å². The number of hydrogen-bond donors (Lipinski definition) is 0. The number of ether oxygens (including phenoxy) is 1. The molecule has 0 amide bonds. The number of thiophene rings is 1. The summed E-state index contributed by atoms with van der Waals surface area (Å²) < 4.78 is 43.5. The molecule has 0 N–H and O–H groups in total. The van der Waals surface area contributed by atoms with Crippen molar-refractivity contribution in [3.63, 3.8) is 0 Å². The molecule has 1 aliphatic heterocycles. The van der Waals surface area contributed by atoms with E-state index in [1.807, 2.05) is 21.7 Å². The van der Waals surface area contributed by atoms with Crippen LogP contribution in [0.25, 0.3) is 0 Å². The minimum absolute atomic E-state index is 0.103. The lowest BCUT2D eigenvalue weighted by Gasteiger charge is -2.32. The van der Waals surface area contributed by atoms with Crippen LogP contribution in [0.15, 0.2) is 23.0 Å². The molecule has 3 heterocycles. The van der Waals surface area contributed by atoms with Crippen molar-refractivity contribution >= 4 is 27.8 Å². The quantitative estimate of drug-likeness (QED) is 0.841. The molecule has 0 bridgehead atoms. The molecular formula is C12H11F3N2OS2. The number of morpholine rings is 1. The van der Waals surface area contributed by atoms with E-state index in [9.17, 15) is 13.2 Å². The highest BCUT2D eigenvalue weighted by Gasteiger charge is 2.34. The molecule has 108 valence electrons. The molecule has 0 spiro atoms. The van der Waals surface area contributed by atoms with Crippen LogP contribution >= 0.6 is 22.7 Å². The minimum atomic E-state index is -4.32. The van der Waals surface area contributed by atoms with Gasteiger partial charge in [0.15, 0.2) is 5.13 Å². The Kier molecular flexibility index (Phi) is 3.70. The molecular weight excluding hydrogens is 309 g/mol. The molecule has 3 nitrogen and oxygen atoms in total. The van der Waals surface area contributed by atoms with Crippen LogP contribution in [0.1, 0.15) is 16.5 Å². The van der Waals surface area contributed by atoms with Gasteiger partial charge >= 0.3 is 6.18 Å². The molecule has 20 heavy (non-hydrogen) atoms. The fourth-order valence-electron chi connectivity index (χ4n) is 2.03. The van der Waals surface area contributed by atoms with E-state index in [-0.39, 0.29) is 6.10 Å². The predicted molar refractivity (Wildman–Crippen MR) is 72.3 cm³/mol. The van der Waals surface area contributed by atoms with Gasteiger partial charge in [0.1, 0.15) is 11.0 Å². The minimum Gasteiger partial charge on any atom is -0.370 e. The fraction of sp³-hybridized carbons (Fsp3) is 0.417. The summed E-state index contributed by atoms with van der Waals surface area (Å²) in [7, 11) is 0. The maximum Gasteiger partial charge on any atom is 0.427 e. The smallest absolute Gasteiger partial charge is 0.370 e. The molecule has 2 aromatic rings. The lowest BCUT2D eigenvalue weighted by atomic mass is 10.1. The third-order valence-electron chi connectivity index (χ3n) is 3.02. The highest BCUT2D eigenvalue weighted by atomic mass is 32.1. The number of halogens is 3. The third-order valence-corrected chi connectivity index (χ3v) is 4.83. The summed E-state index contributed by atoms with van der Waals surface area (Å²) in [5.74, 6) is 0. The SMILES string of the molecule is FC(F)(F)c1cnc(N2CCOC(c3ccsc3)C2)s1. The molecule has 0 radical (unpaired) electrons. The van der Waals surface area contributed by atoms with Crippen molar-refractivity contribution in [1.29, 1.82) is 0 Å². The van der Waals surface area contributed by atoms with Gasteiger partial charge in [-0.1, -0.05) is 11.3 Å².